The molecule has 0 aliphatic heterocycles. The maximum atomic E-state index is 5.45. The lowest BCUT2D eigenvalue weighted by Crippen LogP contribution is -2.16. The predicted molar refractivity (Wildman–Crippen MR) is 80.0 cm³/mol. The Bertz CT molecular complexity index is 489. The Morgan fingerprint density at radius 1 is 1.33 bits per heavy atom. The monoisotopic (exact) mass is 242 g/mol. The van der Waals surface area contributed by atoms with E-state index in [2.05, 4.69) is 51.8 Å². The van der Waals surface area contributed by atoms with E-state index in [4.69, 9.17) is 4.74 Å². The molecule has 0 radical (unpaired) electrons. The quantitative estimate of drug-likeness (QED) is 0.672. The van der Waals surface area contributed by atoms with Crippen LogP contribution in [0.15, 0.2) is 31.0 Å². The van der Waals surface area contributed by atoms with Gasteiger partial charge in [0, 0.05) is 11.1 Å². The fraction of sp³-hybridized carbons (Fsp3) is 0.353. The molecule has 96 valence electrons. The third-order valence-electron chi connectivity index (χ3n) is 3.49. The molecule has 0 atom stereocenters. The molecule has 0 bridgehead atoms. The van der Waals surface area contributed by atoms with Crippen molar-refractivity contribution in [2.24, 2.45) is 0 Å². The second kappa shape index (κ2) is 5.75. The molecule has 0 aliphatic rings. The minimum Gasteiger partial charge on any atom is -0.495 e. The number of methoxy groups -OCH3 is 1. The van der Waals surface area contributed by atoms with Gasteiger partial charge in [-0.3, -0.25) is 0 Å². The number of benzene rings is 1. The smallest absolute Gasteiger partial charge is 0.133 e. The van der Waals surface area contributed by atoms with Gasteiger partial charge in [-0.05, 0) is 35.6 Å². The van der Waals surface area contributed by atoms with E-state index in [-0.39, 0.29) is 5.41 Å². The summed E-state index contributed by atoms with van der Waals surface area (Å²) in [6.07, 6.45) is 4.75. The lowest BCUT2D eigenvalue weighted by atomic mass is 9.80. The lowest BCUT2D eigenvalue weighted by molar-refractivity contribution is 0.411. The summed E-state index contributed by atoms with van der Waals surface area (Å²) in [6, 6.07) is 4.29. The largest absolute Gasteiger partial charge is 0.495 e. The first-order valence-corrected chi connectivity index (χ1v) is 6.21. The highest BCUT2D eigenvalue weighted by Crippen LogP contribution is 2.34. The SMILES string of the molecule is C=C=Cc1cc(C(C)(C)CC)cc(C=C)c1OC. The molecular weight excluding hydrogens is 220 g/mol. The first-order chi connectivity index (χ1) is 8.50. The second-order valence-electron chi connectivity index (χ2n) is 4.98. The summed E-state index contributed by atoms with van der Waals surface area (Å²) >= 11 is 0. The van der Waals surface area contributed by atoms with Crippen LogP contribution in [-0.2, 0) is 5.41 Å². The van der Waals surface area contributed by atoms with Crippen molar-refractivity contribution < 1.29 is 4.74 Å². The van der Waals surface area contributed by atoms with Crippen molar-refractivity contribution in [2.45, 2.75) is 32.6 Å². The van der Waals surface area contributed by atoms with Crippen LogP contribution in [0, 0.1) is 0 Å². The Morgan fingerprint density at radius 3 is 2.39 bits per heavy atom. The standard InChI is InChI=1S/C17H22O/c1-7-10-14-12-15(17(4,5)9-3)11-13(8-2)16(14)18-6/h8,10-12H,1-2,9H2,3-6H3. The van der Waals surface area contributed by atoms with Crippen LogP contribution < -0.4 is 4.74 Å². The summed E-state index contributed by atoms with van der Waals surface area (Å²) in [5.41, 5.74) is 6.24. The summed E-state index contributed by atoms with van der Waals surface area (Å²) in [5, 5.41) is 0. The van der Waals surface area contributed by atoms with Gasteiger partial charge in [0.2, 0.25) is 0 Å². The maximum absolute atomic E-state index is 5.45. The molecular formula is C17H22O. The Kier molecular flexibility index (Phi) is 4.58. The van der Waals surface area contributed by atoms with Gasteiger partial charge in [-0.1, -0.05) is 40.0 Å². The van der Waals surface area contributed by atoms with Crippen LogP contribution in [0.25, 0.3) is 12.2 Å². The van der Waals surface area contributed by atoms with Crippen LogP contribution >= 0.6 is 0 Å². The van der Waals surface area contributed by atoms with E-state index < -0.39 is 0 Å². The molecule has 0 amide bonds. The third-order valence-corrected chi connectivity index (χ3v) is 3.49. The fourth-order valence-corrected chi connectivity index (χ4v) is 1.87. The van der Waals surface area contributed by atoms with Gasteiger partial charge in [-0.25, -0.2) is 0 Å². The predicted octanol–water partition coefficient (Wildman–Crippen LogP) is 4.82. The topological polar surface area (TPSA) is 9.23 Å². The molecule has 0 aromatic heterocycles. The summed E-state index contributed by atoms with van der Waals surface area (Å²) in [4.78, 5) is 0. The molecule has 0 aliphatic carbocycles. The number of hydrogen-bond donors (Lipinski definition) is 0. The van der Waals surface area contributed by atoms with Gasteiger partial charge in [-0.2, -0.15) is 0 Å². The summed E-state index contributed by atoms with van der Waals surface area (Å²) in [7, 11) is 1.67. The van der Waals surface area contributed by atoms with E-state index in [9.17, 15) is 0 Å². The summed E-state index contributed by atoms with van der Waals surface area (Å²) in [5.74, 6) is 0.830. The second-order valence-corrected chi connectivity index (χ2v) is 4.98. The molecule has 0 fully saturated rings. The van der Waals surface area contributed by atoms with E-state index in [0.29, 0.717) is 0 Å². The van der Waals surface area contributed by atoms with Gasteiger partial charge in [0.1, 0.15) is 5.75 Å². The fourth-order valence-electron chi connectivity index (χ4n) is 1.87. The molecule has 1 aromatic carbocycles. The molecule has 1 nitrogen and oxygen atoms in total. The van der Waals surface area contributed by atoms with Crippen LogP contribution in [0.4, 0.5) is 0 Å². The zero-order valence-electron chi connectivity index (χ0n) is 11.8. The van der Waals surface area contributed by atoms with Gasteiger partial charge in [0.05, 0.1) is 7.11 Å². The van der Waals surface area contributed by atoms with Gasteiger partial charge in [-0.15, -0.1) is 5.73 Å². The van der Waals surface area contributed by atoms with Gasteiger partial charge < -0.3 is 4.74 Å². The minimum absolute atomic E-state index is 0.133. The molecule has 18 heavy (non-hydrogen) atoms. The zero-order valence-corrected chi connectivity index (χ0v) is 11.8. The van der Waals surface area contributed by atoms with Crippen LogP contribution in [0.3, 0.4) is 0 Å². The molecule has 1 rings (SSSR count). The van der Waals surface area contributed by atoms with E-state index in [1.54, 1.807) is 7.11 Å². The highest BCUT2D eigenvalue weighted by molar-refractivity contribution is 5.68. The van der Waals surface area contributed by atoms with Gasteiger partial charge in [0.15, 0.2) is 0 Å². The first kappa shape index (κ1) is 14.3. The number of hydrogen-bond acceptors (Lipinski definition) is 1. The Balaban J connectivity index is 3.55. The van der Waals surface area contributed by atoms with Crippen molar-refractivity contribution >= 4 is 12.2 Å². The molecule has 1 heteroatoms. The molecule has 0 heterocycles. The Labute approximate surface area is 110 Å². The van der Waals surface area contributed by atoms with Crippen molar-refractivity contribution in [1.82, 2.24) is 0 Å². The van der Waals surface area contributed by atoms with Crippen molar-refractivity contribution in [3.05, 3.63) is 47.7 Å². The Morgan fingerprint density at radius 2 is 1.94 bits per heavy atom. The summed E-state index contributed by atoms with van der Waals surface area (Å²) < 4.78 is 5.45. The first-order valence-electron chi connectivity index (χ1n) is 6.21. The van der Waals surface area contributed by atoms with Gasteiger partial charge in [0.25, 0.3) is 0 Å². The van der Waals surface area contributed by atoms with E-state index in [1.165, 1.54) is 5.56 Å². The van der Waals surface area contributed by atoms with Crippen LogP contribution in [0.2, 0.25) is 0 Å². The highest BCUT2D eigenvalue weighted by atomic mass is 16.5. The molecule has 0 unspecified atom stereocenters. The lowest BCUT2D eigenvalue weighted by Gasteiger charge is -2.25. The van der Waals surface area contributed by atoms with Crippen molar-refractivity contribution in [3.8, 4) is 5.75 Å². The molecule has 1 aromatic rings. The van der Waals surface area contributed by atoms with Crippen LogP contribution in [0.1, 0.15) is 43.9 Å². The molecule has 0 N–H and O–H groups in total. The number of rotatable bonds is 5. The van der Waals surface area contributed by atoms with Gasteiger partial charge >= 0.3 is 0 Å². The maximum Gasteiger partial charge on any atom is 0.133 e. The van der Waals surface area contributed by atoms with Crippen molar-refractivity contribution in [2.75, 3.05) is 7.11 Å². The average Bonchev–Trinajstić information content (AvgIpc) is 2.38. The Hall–Kier alpha value is -1.72. The van der Waals surface area contributed by atoms with E-state index in [1.807, 2.05) is 12.2 Å². The number of ether oxygens (including phenoxy) is 1. The van der Waals surface area contributed by atoms with E-state index in [0.717, 1.165) is 23.3 Å². The van der Waals surface area contributed by atoms with Crippen LogP contribution in [0.5, 0.6) is 5.75 Å². The van der Waals surface area contributed by atoms with Crippen molar-refractivity contribution in [3.63, 3.8) is 0 Å². The molecule has 0 saturated heterocycles. The average molecular weight is 242 g/mol. The molecule has 0 spiro atoms. The highest BCUT2D eigenvalue weighted by Gasteiger charge is 2.20. The zero-order chi connectivity index (χ0) is 13.8. The van der Waals surface area contributed by atoms with Crippen molar-refractivity contribution in [1.29, 1.82) is 0 Å². The molecule has 0 saturated carbocycles. The third kappa shape index (κ3) is 2.75. The normalized spacial score (nSPS) is 10.7. The summed E-state index contributed by atoms with van der Waals surface area (Å²) in [6.45, 7) is 14.2. The van der Waals surface area contributed by atoms with E-state index >= 15 is 0 Å². The van der Waals surface area contributed by atoms with Crippen LogP contribution in [-0.4, -0.2) is 7.11 Å². The minimum atomic E-state index is 0.133.